The molecule has 3 rings (SSSR count). The SMILES string of the molecule is Cc1ccc(-c2nnc(Sc3cccc(S(C)(=O)=O)c3[N+](=O)[O-])n2C)cc1. The van der Waals surface area contributed by atoms with E-state index in [0.29, 0.717) is 11.0 Å². The number of nitro benzene ring substituents is 1. The monoisotopic (exact) mass is 404 g/mol. The standard InChI is InChI=1S/C17H16N4O4S2/c1-11-7-9-12(10-8-11)16-18-19-17(20(16)2)26-13-5-4-6-14(27(3,24)25)15(13)21(22)23/h4-10H,1-3H3. The van der Waals surface area contributed by atoms with Gasteiger partial charge in [0.05, 0.1) is 9.82 Å². The van der Waals surface area contributed by atoms with Crippen LogP contribution in [0.3, 0.4) is 0 Å². The summed E-state index contributed by atoms with van der Waals surface area (Å²) in [7, 11) is -1.99. The summed E-state index contributed by atoms with van der Waals surface area (Å²) >= 11 is 1.00. The number of hydrogen-bond acceptors (Lipinski definition) is 7. The van der Waals surface area contributed by atoms with Crippen molar-refractivity contribution in [3.63, 3.8) is 0 Å². The second kappa shape index (κ2) is 7.12. The number of aromatic nitrogens is 3. The van der Waals surface area contributed by atoms with Crippen molar-refractivity contribution in [3.05, 3.63) is 58.1 Å². The predicted molar refractivity (Wildman–Crippen MR) is 102 cm³/mol. The Kier molecular flexibility index (Phi) is 5.03. The average molecular weight is 404 g/mol. The van der Waals surface area contributed by atoms with Gasteiger partial charge in [0, 0.05) is 18.9 Å². The van der Waals surface area contributed by atoms with Gasteiger partial charge in [0.25, 0.3) is 0 Å². The van der Waals surface area contributed by atoms with E-state index < -0.39 is 20.4 Å². The Labute approximate surface area is 160 Å². The summed E-state index contributed by atoms with van der Waals surface area (Å²) in [6.07, 6.45) is 0.946. The van der Waals surface area contributed by atoms with Crippen LogP contribution >= 0.6 is 11.8 Å². The molecule has 1 heterocycles. The Hall–Kier alpha value is -2.72. The minimum Gasteiger partial charge on any atom is -0.305 e. The van der Waals surface area contributed by atoms with E-state index in [1.165, 1.54) is 18.2 Å². The fraction of sp³-hybridized carbons (Fsp3) is 0.176. The van der Waals surface area contributed by atoms with Crippen molar-refractivity contribution in [2.45, 2.75) is 21.9 Å². The molecule has 140 valence electrons. The molecule has 3 aromatic rings. The Morgan fingerprint density at radius 2 is 1.78 bits per heavy atom. The molecule has 0 spiro atoms. The van der Waals surface area contributed by atoms with Gasteiger partial charge in [-0.3, -0.25) is 10.1 Å². The number of rotatable bonds is 5. The van der Waals surface area contributed by atoms with Crippen molar-refractivity contribution in [3.8, 4) is 11.4 Å². The first kappa shape index (κ1) is 19.1. The topological polar surface area (TPSA) is 108 Å². The van der Waals surface area contributed by atoms with Gasteiger partial charge in [-0.05, 0) is 30.8 Å². The van der Waals surface area contributed by atoms with Crippen LogP contribution in [0, 0.1) is 17.0 Å². The van der Waals surface area contributed by atoms with E-state index >= 15 is 0 Å². The van der Waals surface area contributed by atoms with Crippen LogP contribution < -0.4 is 0 Å². The van der Waals surface area contributed by atoms with Crippen LogP contribution in [-0.2, 0) is 16.9 Å². The normalized spacial score (nSPS) is 11.5. The van der Waals surface area contributed by atoms with Gasteiger partial charge < -0.3 is 4.57 Å². The van der Waals surface area contributed by atoms with Gasteiger partial charge in [0.1, 0.15) is 4.90 Å². The van der Waals surface area contributed by atoms with E-state index in [-0.39, 0.29) is 9.79 Å². The van der Waals surface area contributed by atoms with Crippen LogP contribution in [-0.4, -0.2) is 34.4 Å². The quantitative estimate of drug-likeness (QED) is 0.474. The van der Waals surface area contributed by atoms with Crippen LogP contribution in [0.15, 0.2) is 57.4 Å². The van der Waals surface area contributed by atoms with E-state index in [9.17, 15) is 18.5 Å². The summed E-state index contributed by atoms with van der Waals surface area (Å²) in [5.41, 5.74) is 1.52. The zero-order valence-electron chi connectivity index (χ0n) is 14.8. The number of benzene rings is 2. The zero-order valence-corrected chi connectivity index (χ0v) is 16.4. The third-order valence-electron chi connectivity index (χ3n) is 3.89. The summed E-state index contributed by atoms with van der Waals surface area (Å²) in [4.78, 5) is 10.7. The molecular weight excluding hydrogens is 388 g/mol. The first-order valence-electron chi connectivity index (χ1n) is 7.80. The van der Waals surface area contributed by atoms with Crippen molar-refractivity contribution in [2.24, 2.45) is 7.05 Å². The Balaban J connectivity index is 2.04. The molecule has 8 nitrogen and oxygen atoms in total. The van der Waals surface area contributed by atoms with Crippen LogP contribution in [0.5, 0.6) is 0 Å². The third-order valence-corrected chi connectivity index (χ3v) is 6.11. The van der Waals surface area contributed by atoms with E-state index in [4.69, 9.17) is 0 Å². The largest absolute Gasteiger partial charge is 0.305 e. The molecule has 0 aliphatic rings. The van der Waals surface area contributed by atoms with E-state index in [1.54, 1.807) is 11.6 Å². The maximum Gasteiger partial charge on any atom is 0.301 e. The average Bonchev–Trinajstić information content (AvgIpc) is 2.95. The highest BCUT2D eigenvalue weighted by Crippen LogP contribution is 2.38. The van der Waals surface area contributed by atoms with E-state index in [2.05, 4.69) is 10.2 Å². The highest BCUT2D eigenvalue weighted by Gasteiger charge is 2.27. The first-order valence-corrected chi connectivity index (χ1v) is 10.5. The fourth-order valence-electron chi connectivity index (χ4n) is 2.52. The molecule has 0 unspecified atom stereocenters. The molecular formula is C17H16N4O4S2. The van der Waals surface area contributed by atoms with Gasteiger partial charge in [0.15, 0.2) is 20.8 Å². The molecule has 10 heteroatoms. The van der Waals surface area contributed by atoms with Crippen LogP contribution in [0.25, 0.3) is 11.4 Å². The Bertz CT molecular complexity index is 1120. The van der Waals surface area contributed by atoms with Crippen molar-refractivity contribution in [2.75, 3.05) is 6.26 Å². The molecule has 0 amide bonds. The first-order chi connectivity index (χ1) is 12.7. The molecule has 27 heavy (non-hydrogen) atoms. The number of nitrogens with zero attached hydrogens (tertiary/aromatic N) is 4. The second-order valence-electron chi connectivity index (χ2n) is 5.97. The molecule has 0 bridgehead atoms. The minimum atomic E-state index is -3.74. The van der Waals surface area contributed by atoms with Gasteiger partial charge >= 0.3 is 5.69 Å². The molecule has 0 N–H and O–H groups in total. The third kappa shape index (κ3) is 3.86. The molecule has 0 aliphatic heterocycles. The van der Waals surface area contributed by atoms with Gasteiger partial charge in [-0.2, -0.15) is 0 Å². The number of sulfone groups is 1. The number of para-hydroxylation sites is 1. The molecule has 0 aliphatic carbocycles. The molecule has 1 aromatic heterocycles. The highest BCUT2D eigenvalue weighted by molar-refractivity contribution is 7.99. The maximum atomic E-state index is 11.9. The lowest BCUT2D eigenvalue weighted by atomic mass is 10.1. The molecule has 0 atom stereocenters. The van der Waals surface area contributed by atoms with Crippen molar-refractivity contribution in [1.29, 1.82) is 0 Å². The second-order valence-corrected chi connectivity index (χ2v) is 8.96. The summed E-state index contributed by atoms with van der Waals surface area (Å²) in [5.74, 6) is 0.611. The van der Waals surface area contributed by atoms with Crippen LogP contribution in [0.1, 0.15) is 5.56 Å². The van der Waals surface area contributed by atoms with Gasteiger partial charge in [-0.25, -0.2) is 8.42 Å². The smallest absolute Gasteiger partial charge is 0.301 e. The van der Waals surface area contributed by atoms with Crippen molar-refractivity contribution < 1.29 is 13.3 Å². The van der Waals surface area contributed by atoms with Crippen LogP contribution in [0.2, 0.25) is 0 Å². The lowest BCUT2D eigenvalue weighted by Crippen LogP contribution is -2.04. The van der Waals surface area contributed by atoms with E-state index in [0.717, 1.165) is 29.1 Å². The summed E-state index contributed by atoms with van der Waals surface area (Å²) in [6, 6.07) is 11.9. The summed E-state index contributed by atoms with van der Waals surface area (Å²) < 4.78 is 25.5. The molecule has 0 saturated carbocycles. The Morgan fingerprint density at radius 3 is 2.37 bits per heavy atom. The van der Waals surface area contributed by atoms with E-state index in [1.807, 2.05) is 31.2 Å². The molecule has 2 aromatic carbocycles. The van der Waals surface area contributed by atoms with Gasteiger partial charge in [0.2, 0.25) is 0 Å². The van der Waals surface area contributed by atoms with Crippen molar-refractivity contribution in [1.82, 2.24) is 14.8 Å². The van der Waals surface area contributed by atoms with Crippen LogP contribution in [0.4, 0.5) is 5.69 Å². The minimum absolute atomic E-state index is 0.189. The molecule has 0 radical (unpaired) electrons. The molecule has 0 fully saturated rings. The number of nitro groups is 1. The lowest BCUT2D eigenvalue weighted by Gasteiger charge is -2.07. The fourth-order valence-corrected chi connectivity index (χ4v) is 4.38. The summed E-state index contributed by atoms with van der Waals surface area (Å²) in [6.45, 7) is 1.98. The van der Waals surface area contributed by atoms with Crippen molar-refractivity contribution >= 4 is 27.3 Å². The zero-order chi connectivity index (χ0) is 19.8. The maximum absolute atomic E-state index is 11.9. The Morgan fingerprint density at radius 1 is 1.11 bits per heavy atom. The molecule has 0 saturated heterocycles. The lowest BCUT2D eigenvalue weighted by molar-refractivity contribution is -0.390. The van der Waals surface area contributed by atoms with Gasteiger partial charge in [-0.15, -0.1) is 10.2 Å². The number of hydrogen-bond donors (Lipinski definition) is 0. The van der Waals surface area contributed by atoms with Gasteiger partial charge in [-0.1, -0.05) is 35.9 Å². The predicted octanol–water partition coefficient (Wildman–Crippen LogP) is 3.25. The number of aryl methyl sites for hydroxylation is 1. The highest BCUT2D eigenvalue weighted by atomic mass is 32.2. The summed E-state index contributed by atoms with van der Waals surface area (Å²) in [5, 5.41) is 20.2.